The van der Waals surface area contributed by atoms with Crippen LogP contribution in [0.5, 0.6) is 5.75 Å². The third-order valence-electron chi connectivity index (χ3n) is 5.15. The molecule has 0 saturated carbocycles. The number of rotatable bonds is 9. The Kier molecular flexibility index (Phi) is 7.87. The van der Waals surface area contributed by atoms with Crippen molar-refractivity contribution in [3.63, 3.8) is 0 Å². The van der Waals surface area contributed by atoms with Crippen molar-refractivity contribution in [2.45, 2.75) is 24.2 Å². The maximum Gasteiger partial charge on any atom is 0.248 e. The summed E-state index contributed by atoms with van der Waals surface area (Å²) in [4.78, 5) is 13.4. The van der Waals surface area contributed by atoms with Crippen LogP contribution < -0.4 is 10.2 Å². The molecule has 0 saturated heterocycles. The summed E-state index contributed by atoms with van der Waals surface area (Å²) in [6, 6.07) is 26.6. The van der Waals surface area contributed by atoms with Gasteiger partial charge in [0.25, 0.3) is 0 Å². The van der Waals surface area contributed by atoms with Crippen LogP contribution in [0.15, 0.2) is 89.8 Å². The minimum Gasteiger partial charge on any atom is -0.497 e. The van der Waals surface area contributed by atoms with Gasteiger partial charge in [-0.05, 0) is 41.8 Å². The maximum atomic E-state index is 14.5. The number of benzene rings is 3. The first-order chi connectivity index (χ1) is 15.0. The van der Waals surface area contributed by atoms with Crippen LogP contribution in [0.2, 0.25) is 0 Å². The Balaban J connectivity index is 2.06. The molecule has 1 amide bonds. The monoisotopic (exact) mass is 437 g/mol. The molecule has 1 unspecified atom stereocenters. The molecular weight excluding hydrogens is 410 g/mol. The SMILES string of the molecule is COc1ccc(CCS(=O)(=C(CC(=O)NO)Cc2ccccc2)c2ccccc2)cc1. The topological polar surface area (TPSA) is 75.6 Å². The second-order valence-corrected chi connectivity index (χ2v) is 10.0. The lowest BCUT2D eigenvalue weighted by Crippen LogP contribution is -2.29. The van der Waals surface area contributed by atoms with E-state index in [4.69, 9.17) is 9.94 Å². The summed E-state index contributed by atoms with van der Waals surface area (Å²) in [6.45, 7) is 0. The predicted octanol–water partition coefficient (Wildman–Crippen LogP) is 3.89. The third-order valence-corrected chi connectivity index (χ3v) is 8.19. The van der Waals surface area contributed by atoms with Crippen molar-refractivity contribution in [1.82, 2.24) is 5.48 Å². The van der Waals surface area contributed by atoms with E-state index in [0.29, 0.717) is 28.4 Å². The smallest absolute Gasteiger partial charge is 0.248 e. The Bertz CT molecular complexity index is 1100. The summed E-state index contributed by atoms with van der Waals surface area (Å²) >= 11 is 0. The summed E-state index contributed by atoms with van der Waals surface area (Å²) in [5, 5.41) is 9.13. The average Bonchev–Trinajstić information content (AvgIpc) is 2.83. The second kappa shape index (κ2) is 10.8. The summed E-state index contributed by atoms with van der Waals surface area (Å²) in [5.41, 5.74) is 3.70. The number of nitrogens with one attached hydrogen (secondary N) is 1. The van der Waals surface area contributed by atoms with Crippen molar-refractivity contribution in [3.05, 3.63) is 96.1 Å². The fraction of sp³-hybridized carbons (Fsp3) is 0.200. The Labute approximate surface area is 183 Å². The van der Waals surface area contributed by atoms with Crippen LogP contribution in [0.1, 0.15) is 17.5 Å². The van der Waals surface area contributed by atoms with Crippen LogP contribution in [0.4, 0.5) is 0 Å². The fourth-order valence-electron chi connectivity index (χ4n) is 3.46. The first kappa shape index (κ1) is 22.6. The molecule has 3 aromatic carbocycles. The average molecular weight is 438 g/mol. The number of aryl methyl sites for hydroxylation is 1. The molecule has 0 spiro atoms. The zero-order chi connectivity index (χ0) is 22.1. The van der Waals surface area contributed by atoms with Gasteiger partial charge >= 0.3 is 0 Å². The second-order valence-electron chi connectivity index (χ2n) is 7.20. The van der Waals surface area contributed by atoms with Gasteiger partial charge < -0.3 is 4.74 Å². The molecule has 3 aromatic rings. The number of carbonyl (C=O) groups is 1. The molecule has 2 N–H and O–H groups in total. The molecule has 0 radical (unpaired) electrons. The van der Waals surface area contributed by atoms with Gasteiger partial charge in [-0.3, -0.25) is 14.2 Å². The number of hydrogen-bond donors (Lipinski definition) is 2. The van der Waals surface area contributed by atoms with Crippen LogP contribution in [0.3, 0.4) is 0 Å². The zero-order valence-corrected chi connectivity index (χ0v) is 18.3. The molecule has 162 valence electrons. The molecule has 1 atom stereocenters. The lowest BCUT2D eigenvalue weighted by molar-refractivity contribution is -0.127. The van der Waals surface area contributed by atoms with Crippen molar-refractivity contribution in [3.8, 4) is 5.75 Å². The quantitative estimate of drug-likeness (QED) is 0.303. The summed E-state index contributed by atoms with van der Waals surface area (Å²) in [5.74, 6) is 0.562. The van der Waals surface area contributed by atoms with E-state index in [0.717, 1.165) is 16.9 Å². The molecule has 0 aliphatic rings. The molecule has 31 heavy (non-hydrogen) atoms. The zero-order valence-electron chi connectivity index (χ0n) is 17.5. The van der Waals surface area contributed by atoms with Gasteiger partial charge in [-0.2, -0.15) is 0 Å². The largest absolute Gasteiger partial charge is 0.497 e. The van der Waals surface area contributed by atoms with E-state index in [1.54, 1.807) is 12.6 Å². The van der Waals surface area contributed by atoms with Gasteiger partial charge in [-0.25, -0.2) is 5.48 Å². The molecule has 3 rings (SSSR count). The standard InChI is InChI=1S/C25H27NO4S/c1-30-22-14-12-20(13-15-22)16-17-31(29,23-10-6-3-7-11-23)24(19-25(27)26-28)18-21-8-4-2-5-9-21/h2-15,28H,16-19H2,1H3,(H,26,27). The highest BCUT2D eigenvalue weighted by molar-refractivity contribution is 8.02. The van der Waals surface area contributed by atoms with Gasteiger partial charge in [0, 0.05) is 31.5 Å². The van der Waals surface area contributed by atoms with Crippen molar-refractivity contribution in [2.24, 2.45) is 0 Å². The molecule has 0 bridgehead atoms. The van der Waals surface area contributed by atoms with E-state index in [2.05, 4.69) is 0 Å². The number of methoxy groups -OCH3 is 1. The maximum absolute atomic E-state index is 14.5. The van der Waals surface area contributed by atoms with Gasteiger partial charge in [0.15, 0.2) is 0 Å². The van der Waals surface area contributed by atoms with E-state index < -0.39 is 15.4 Å². The van der Waals surface area contributed by atoms with Crippen LogP contribution >= 0.6 is 0 Å². The van der Waals surface area contributed by atoms with Gasteiger partial charge in [0.1, 0.15) is 5.75 Å². The Morgan fingerprint density at radius 1 is 0.903 bits per heavy atom. The minimum absolute atomic E-state index is 0.109. The lowest BCUT2D eigenvalue weighted by atomic mass is 10.1. The number of hydroxylamine groups is 1. The first-order valence-corrected chi connectivity index (χ1v) is 11.8. The van der Waals surface area contributed by atoms with Crippen LogP contribution in [0, 0.1) is 0 Å². The Morgan fingerprint density at radius 3 is 2.10 bits per heavy atom. The van der Waals surface area contributed by atoms with E-state index in [1.165, 1.54) is 0 Å². The molecule has 0 fully saturated rings. The molecule has 6 heteroatoms. The summed E-state index contributed by atoms with van der Waals surface area (Å²) in [7, 11) is -1.09. The van der Waals surface area contributed by atoms with Crippen molar-refractivity contribution in [1.29, 1.82) is 0 Å². The third kappa shape index (κ3) is 5.96. The number of hydrogen-bond acceptors (Lipinski definition) is 4. The Hall–Kier alpha value is -3.09. The predicted molar refractivity (Wildman–Crippen MR) is 124 cm³/mol. The molecule has 5 nitrogen and oxygen atoms in total. The molecular formula is C25H27NO4S. The van der Waals surface area contributed by atoms with Gasteiger partial charge in [0.05, 0.1) is 13.5 Å². The fourth-order valence-corrected chi connectivity index (χ4v) is 6.20. The number of carbonyl (C=O) groups excluding carboxylic acids is 1. The summed E-state index contributed by atoms with van der Waals surface area (Å²) in [6.07, 6.45) is 0.864. The highest BCUT2D eigenvalue weighted by Gasteiger charge is 2.21. The van der Waals surface area contributed by atoms with Crippen molar-refractivity contribution >= 4 is 20.3 Å². The van der Waals surface area contributed by atoms with Crippen molar-refractivity contribution < 1.29 is 18.9 Å². The molecule has 0 aliphatic heterocycles. The highest BCUT2D eigenvalue weighted by atomic mass is 32.2. The van der Waals surface area contributed by atoms with Crippen LogP contribution in [-0.2, 0) is 27.2 Å². The van der Waals surface area contributed by atoms with E-state index in [-0.39, 0.29) is 6.42 Å². The summed E-state index contributed by atoms with van der Waals surface area (Å²) < 4.78 is 19.7. The van der Waals surface area contributed by atoms with Crippen LogP contribution in [0.25, 0.3) is 0 Å². The molecule has 0 aliphatic carbocycles. The van der Waals surface area contributed by atoms with E-state index in [1.807, 2.05) is 84.9 Å². The molecule has 0 aromatic heterocycles. The normalized spacial score (nSPS) is 12.6. The highest BCUT2D eigenvalue weighted by Crippen LogP contribution is 2.20. The van der Waals surface area contributed by atoms with E-state index in [9.17, 15) is 9.00 Å². The first-order valence-electron chi connectivity index (χ1n) is 10.1. The van der Waals surface area contributed by atoms with Crippen molar-refractivity contribution in [2.75, 3.05) is 12.9 Å². The Morgan fingerprint density at radius 2 is 1.52 bits per heavy atom. The number of amides is 1. The van der Waals surface area contributed by atoms with Crippen LogP contribution in [-0.4, -0.2) is 33.1 Å². The lowest BCUT2D eigenvalue weighted by Gasteiger charge is -2.19. The number of ether oxygens (including phenoxy) is 1. The van der Waals surface area contributed by atoms with Gasteiger partial charge in [-0.15, -0.1) is 0 Å². The minimum atomic E-state index is -2.71. The van der Waals surface area contributed by atoms with Gasteiger partial charge in [-0.1, -0.05) is 60.7 Å². The molecule has 0 heterocycles. The van der Waals surface area contributed by atoms with E-state index >= 15 is 0 Å². The van der Waals surface area contributed by atoms with Gasteiger partial charge in [0.2, 0.25) is 5.91 Å².